The average molecular weight is 275 g/mol. The second kappa shape index (κ2) is 5.26. The molecule has 1 aliphatic carbocycles. The number of nitrogens with one attached hydrogen (secondary N) is 2. The van der Waals surface area contributed by atoms with Crippen molar-refractivity contribution in [3.63, 3.8) is 0 Å². The molecule has 1 unspecified atom stereocenters. The zero-order valence-electron chi connectivity index (χ0n) is 12.0. The van der Waals surface area contributed by atoms with Gasteiger partial charge in [0, 0.05) is 12.1 Å². The van der Waals surface area contributed by atoms with Gasteiger partial charge in [0.1, 0.15) is 11.6 Å². The molecule has 0 aromatic carbocycles. The Hall–Kier alpha value is -1.85. The molecule has 1 fully saturated rings. The van der Waals surface area contributed by atoms with Crippen LogP contribution in [0.5, 0.6) is 0 Å². The minimum absolute atomic E-state index is 0.239. The maximum Gasteiger partial charge on any atom is 0.349 e. The third-order valence-corrected chi connectivity index (χ3v) is 4.30. The fourth-order valence-corrected chi connectivity index (χ4v) is 3.16. The summed E-state index contributed by atoms with van der Waals surface area (Å²) in [6.45, 7) is 4.04. The van der Waals surface area contributed by atoms with Gasteiger partial charge in [-0.3, -0.25) is 0 Å². The molecule has 1 atom stereocenters. The highest BCUT2D eigenvalue weighted by molar-refractivity contribution is 5.50. The minimum Gasteiger partial charge on any atom is -0.367 e. The van der Waals surface area contributed by atoms with Gasteiger partial charge in [0.15, 0.2) is 5.65 Å². The molecule has 1 saturated carbocycles. The van der Waals surface area contributed by atoms with E-state index in [4.69, 9.17) is 0 Å². The van der Waals surface area contributed by atoms with E-state index in [2.05, 4.69) is 27.4 Å². The molecule has 108 valence electrons. The van der Waals surface area contributed by atoms with Crippen LogP contribution in [0.1, 0.15) is 44.9 Å². The minimum atomic E-state index is -0.239. The largest absolute Gasteiger partial charge is 0.367 e. The molecule has 0 bridgehead atoms. The van der Waals surface area contributed by atoms with E-state index in [9.17, 15) is 4.79 Å². The van der Waals surface area contributed by atoms with Crippen LogP contribution < -0.4 is 11.0 Å². The van der Waals surface area contributed by atoms with Gasteiger partial charge >= 0.3 is 5.69 Å². The molecule has 1 aliphatic rings. The summed E-state index contributed by atoms with van der Waals surface area (Å²) in [6, 6.07) is 2.22. The van der Waals surface area contributed by atoms with E-state index in [1.165, 1.54) is 36.5 Å². The normalized spacial score (nSPS) is 18.3. The lowest BCUT2D eigenvalue weighted by Gasteiger charge is -2.28. The van der Waals surface area contributed by atoms with E-state index in [0.29, 0.717) is 23.4 Å². The van der Waals surface area contributed by atoms with Crippen LogP contribution in [-0.4, -0.2) is 25.6 Å². The molecule has 0 saturated heterocycles. The Morgan fingerprint density at radius 3 is 2.90 bits per heavy atom. The third kappa shape index (κ3) is 2.42. The smallest absolute Gasteiger partial charge is 0.349 e. The summed E-state index contributed by atoms with van der Waals surface area (Å²) in [7, 11) is 0. The summed E-state index contributed by atoms with van der Waals surface area (Å²) in [6.07, 6.45) is 6.60. The molecule has 3 rings (SSSR count). The molecule has 0 spiro atoms. The first-order chi connectivity index (χ1) is 9.65. The first kappa shape index (κ1) is 13.1. The number of hydrogen-bond donors (Lipinski definition) is 2. The van der Waals surface area contributed by atoms with Crippen molar-refractivity contribution < 1.29 is 0 Å². The van der Waals surface area contributed by atoms with Gasteiger partial charge in [0.05, 0.1) is 0 Å². The van der Waals surface area contributed by atoms with Crippen molar-refractivity contribution in [1.29, 1.82) is 0 Å². The van der Waals surface area contributed by atoms with Crippen molar-refractivity contribution in [3.05, 3.63) is 22.4 Å². The van der Waals surface area contributed by atoms with Crippen LogP contribution >= 0.6 is 0 Å². The number of aromatic amines is 1. The Balaban J connectivity index is 1.81. The number of H-pyrrole nitrogens is 1. The number of nitrogens with zero attached hydrogens (tertiary/aromatic N) is 3. The highest BCUT2D eigenvalue weighted by atomic mass is 16.1. The Labute approximate surface area is 117 Å². The molecule has 6 heteroatoms. The van der Waals surface area contributed by atoms with E-state index in [-0.39, 0.29) is 5.69 Å². The molecule has 0 aliphatic heterocycles. The molecule has 20 heavy (non-hydrogen) atoms. The van der Waals surface area contributed by atoms with Crippen molar-refractivity contribution in [2.24, 2.45) is 5.92 Å². The monoisotopic (exact) mass is 275 g/mol. The van der Waals surface area contributed by atoms with Gasteiger partial charge in [-0.15, -0.1) is 0 Å². The van der Waals surface area contributed by atoms with Crippen LogP contribution in [0.2, 0.25) is 0 Å². The second-order valence-corrected chi connectivity index (χ2v) is 5.74. The zero-order valence-corrected chi connectivity index (χ0v) is 12.0. The summed E-state index contributed by atoms with van der Waals surface area (Å²) >= 11 is 0. The fourth-order valence-electron chi connectivity index (χ4n) is 3.16. The Morgan fingerprint density at radius 2 is 2.15 bits per heavy atom. The van der Waals surface area contributed by atoms with E-state index >= 15 is 0 Å². The fraction of sp³-hybridized carbons (Fsp3) is 0.643. The first-order valence-corrected chi connectivity index (χ1v) is 7.36. The second-order valence-electron chi connectivity index (χ2n) is 5.74. The predicted octanol–water partition coefficient (Wildman–Crippen LogP) is 2.11. The van der Waals surface area contributed by atoms with Crippen LogP contribution in [0.15, 0.2) is 10.9 Å². The van der Waals surface area contributed by atoms with Gasteiger partial charge in [0.2, 0.25) is 0 Å². The number of aromatic nitrogens is 4. The molecular weight excluding hydrogens is 254 g/mol. The topological polar surface area (TPSA) is 75.1 Å². The highest BCUT2D eigenvalue weighted by Crippen LogP contribution is 2.27. The third-order valence-electron chi connectivity index (χ3n) is 4.30. The van der Waals surface area contributed by atoms with Gasteiger partial charge in [-0.25, -0.2) is 19.3 Å². The lowest BCUT2D eigenvalue weighted by Crippen LogP contribution is -2.28. The molecule has 2 heterocycles. The van der Waals surface area contributed by atoms with Crippen LogP contribution in [0.25, 0.3) is 5.65 Å². The van der Waals surface area contributed by atoms with E-state index in [1.54, 1.807) is 0 Å². The zero-order chi connectivity index (χ0) is 14.1. The van der Waals surface area contributed by atoms with Gasteiger partial charge in [-0.1, -0.05) is 19.3 Å². The summed E-state index contributed by atoms with van der Waals surface area (Å²) in [5, 5.41) is 9.93. The van der Waals surface area contributed by atoms with Crippen molar-refractivity contribution in [2.75, 3.05) is 5.32 Å². The molecule has 0 amide bonds. The lowest BCUT2D eigenvalue weighted by molar-refractivity contribution is 0.328. The molecular formula is C14H21N5O. The van der Waals surface area contributed by atoms with Crippen LogP contribution in [0.4, 0.5) is 5.82 Å². The summed E-state index contributed by atoms with van der Waals surface area (Å²) in [4.78, 5) is 16.0. The van der Waals surface area contributed by atoms with Crippen molar-refractivity contribution in [1.82, 2.24) is 19.6 Å². The average Bonchev–Trinajstić information content (AvgIpc) is 2.81. The first-order valence-electron chi connectivity index (χ1n) is 7.36. The number of fused-ring (bicyclic) bond motifs is 1. The molecule has 6 nitrogen and oxygen atoms in total. The maximum atomic E-state index is 11.6. The summed E-state index contributed by atoms with van der Waals surface area (Å²) < 4.78 is 1.48. The van der Waals surface area contributed by atoms with Crippen molar-refractivity contribution in [3.8, 4) is 0 Å². The van der Waals surface area contributed by atoms with Crippen molar-refractivity contribution >= 4 is 11.5 Å². The van der Waals surface area contributed by atoms with Gasteiger partial charge < -0.3 is 5.32 Å². The van der Waals surface area contributed by atoms with Gasteiger partial charge in [-0.2, -0.15) is 5.10 Å². The van der Waals surface area contributed by atoms with Crippen LogP contribution in [-0.2, 0) is 0 Å². The van der Waals surface area contributed by atoms with E-state index in [1.807, 2.05) is 13.0 Å². The van der Waals surface area contributed by atoms with Gasteiger partial charge in [0.25, 0.3) is 0 Å². The Morgan fingerprint density at radius 1 is 1.40 bits per heavy atom. The quantitative estimate of drug-likeness (QED) is 0.899. The predicted molar refractivity (Wildman–Crippen MR) is 78.0 cm³/mol. The molecule has 0 radical (unpaired) electrons. The standard InChI is InChI=1S/C14H21N5O/c1-9(11-6-4-3-5-7-11)15-12-8-13-17-18-14(20)19(13)10(2)16-12/h8-9,11,15H,3-7H2,1-2H3,(H,18,20). The van der Waals surface area contributed by atoms with Gasteiger partial charge in [-0.05, 0) is 32.6 Å². The number of anilines is 1. The highest BCUT2D eigenvalue weighted by Gasteiger charge is 2.20. The molecule has 2 N–H and O–H groups in total. The number of aryl methyl sites for hydroxylation is 1. The lowest BCUT2D eigenvalue weighted by atomic mass is 9.84. The van der Waals surface area contributed by atoms with E-state index < -0.39 is 0 Å². The number of rotatable bonds is 3. The maximum absolute atomic E-state index is 11.6. The van der Waals surface area contributed by atoms with Crippen molar-refractivity contribution in [2.45, 2.75) is 52.0 Å². The summed E-state index contributed by atoms with van der Waals surface area (Å²) in [5.74, 6) is 2.16. The number of hydrogen-bond acceptors (Lipinski definition) is 4. The Bertz CT molecular complexity index is 653. The molecule has 2 aromatic heterocycles. The Kier molecular flexibility index (Phi) is 3.46. The van der Waals surface area contributed by atoms with Crippen LogP contribution in [0.3, 0.4) is 0 Å². The summed E-state index contributed by atoms with van der Waals surface area (Å²) in [5.41, 5.74) is 0.373. The molecule has 2 aromatic rings. The van der Waals surface area contributed by atoms with E-state index in [0.717, 1.165) is 5.82 Å². The SMILES string of the molecule is Cc1nc(NC(C)C2CCCCC2)cc2n[nH]c(=O)n12. The van der Waals surface area contributed by atoms with Crippen LogP contribution in [0, 0.1) is 12.8 Å².